The van der Waals surface area contributed by atoms with Gasteiger partial charge in [0.1, 0.15) is 16.1 Å². The summed E-state index contributed by atoms with van der Waals surface area (Å²) in [5.41, 5.74) is 2.31. The summed E-state index contributed by atoms with van der Waals surface area (Å²) in [6.07, 6.45) is 4.32. The molecule has 0 radical (unpaired) electrons. The summed E-state index contributed by atoms with van der Waals surface area (Å²) in [6, 6.07) is 2.06. The molecular formula is C17H21N3OS2. The van der Waals surface area contributed by atoms with Crippen molar-refractivity contribution in [1.29, 1.82) is 0 Å². The third kappa shape index (κ3) is 3.02. The topological polar surface area (TPSA) is 45.2 Å². The van der Waals surface area contributed by atoms with Crippen LogP contribution in [0.3, 0.4) is 0 Å². The smallest absolute Gasteiger partial charge is 0.243 e. The van der Waals surface area contributed by atoms with Gasteiger partial charge in [0.15, 0.2) is 0 Å². The zero-order valence-electron chi connectivity index (χ0n) is 13.2. The zero-order chi connectivity index (χ0) is 15.8. The second kappa shape index (κ2) is 6.24. The molecule has 1 atom stereocenters. The minimum atomic E-state index is -0.0626. The minimum absolute atomic E-state index is 0.0626. The van der Waals surface area contributed by atoms with E-state index < -0.39 is 0 Å². The van der Waals surface area contributed by atoms with Gasteiger partial charge in [-0.25, -0.2) is 4.98 Å². The highest BCUT2D eigenvalue weighted by molar-refractivity contribution is 7.19. The number of carbonyl (C=O) groups is 1. The molecule has 0 saturated heterocycles. The van der Waals surface area contributed by atoms with E-state index in [0.717, 1.165) is 42.6 Å². The number of carbonyl (C=O) groups excluding carboxylic acids is 1. The van der Waals surface area contributed by atoms with Crippen molar-refractivity contribution in [2.24, 2.45) is 5.92 Å². The quantitative estimate of drug-likeness (QED) is 0.869. The molecule has 0 bridgehead atoms. The number of fused-ring (bicyclic) bond motifs is 1. The van der Waals surface area contributed by atoms with Crippen molar-refractivity contribution in [1.82, 2.24) is 10.3 Å². The van der Waals surface area contributed by atoms with Crippen LogP contribution in [0.4, 0.5) is 5.00 Å². The van der Waals surface area contributed by atoms with Gasteiger partial charge >= 0.3 is 0 Å². The third-order valence-corrected chi connectivity index (χ3v) is 6.34. The molecule has 4 nitrogen and oxygen atoms in total. The fourth-order valence-electron chi connectivity index (χ4n) is 3.03. The Bertz CT molecular complexity index is 691. The first-order valence-corrected chi connectivity index (χ1v) is 10.1. The van der Waals surface area contributed by atoms with E-state index in [4.69, 9.17) is 4.98 Å². The fourth-order valence-corrected chi connectivity index (χ4v) is 4.90. The standard InChI is InChI=1S/C17H21N3OS2/c1-2-6-18-15(21)14-8-13-17(20(14)9-11-3-4-11)23-16(19-13)12-5-7-22-10-12/h5,7,10-11,14H,2-4,6,8-9H2,1H3,(H,18,21). The third-order valence-electron chi connectivity index (χ3n) is 4.47. The summed E-state index contributed by atoms with van der Waals surface area (Å²) in [5.74, 6) is 0.920. The minimum Gasteiger partial charge on any atom is -0.354 e. The van der Waals surface area contributed by atoms with Crippen LogP contribution in [-0.4, -0.2) is 30.0 Å². The van der Waals surface area contributed by atoms with Gasteiger partial charge in [-0.05, 0) is 36.6 Å². The molecule has 1 amide bonds. The molecular weight excluding hydrogens is 326 g/mol. The number of thiazole rings is 1. The summed E-state index contributed by atoms with van der Waals surface area (Å²) in [7, 11) is 0. The van der Waals surface area contributed by atoms with Gasteiger partial charge in [-0.1, -0.05) is 18.3 Å². The lowest BCUT2D eigenvalue weighted by Gasteiger charge is -2.25. The van der Waals surface area contributed by atoms with E-state index in [9.17, 15) is 4.79 Å². The van der Waals surface area contributed by atoms with E-state index in [1.54, 1.807) is 22.7 Å². The Morgan fingerprint density at radius 1 is 1.48 bits per heavy atom. The summed E-state index contributed by atoms with van der Waals surface area (Å²) >= 11 is 3.44. The first-order valence-electron chi connectivity index (χ1n) is 8.33. The van der Waals surface area contributed by atoms with E-state index in [-0.39, 0.29) is 11.9 Å². The van der Waals surface area contributed by atoms with Crippen LogP contribution in [0.5, 0.6) is 0 Å². The molecule has 1 fully saturated rings. The highest BCUT2D eigenvalue weighted by atomic mass is 32.1. The molecule has 1 unspecified atom stereocenters. The second-order valence-corrected chi connectivity index (χ2v) is 8.15. The number of nitrogens with zero attached hydrogens (tertiary/aromatic N) is 2. The highest BCUT2D eigenvalue weighted by Crippen LogP contribution is 2.43. The number of nitrogens with one attached hydrogen (secondary N) is 1. The van der Waals surface area contributed by atoms with Gasteiger partial charge in [0.05, 0.1) is 5.69 Å². The van der Waals surface area contributed by atoms with Crippen molar-refractivity contribution in [2.45, 2.75) is 38.6 Å². The monoisotopic (exact) mass is 347 g/mol. The van der Waals surface area contributed by atoms with Crippen LogP contribution in [0.25, 0.3) is 10.6 Å². The SMILES string of the molecule is CCCNC(=O)C1Cc2nc(-c3ccsc3)sc2N1CC1CC1. The van der Waals surface area contributed by atoms with E-state index >= 15 is 0 Å². The Balaban J connectivity index is 1.58. The second-order valence-electron chi connectivity index (χ2n) is 6.39. The molecule has 6 heteroatoms. The molecule has 0 spiro atoms. The molecule has 2 aliphatic rings. The number of aromatic nitrogens is 1. The predicted octanol–water partition coefficient (Wildman–Crippen LogP) is 3.54. The molecule has 1 N–H and O–H groups in total. The van der Waals surface area contributed by atoms with Crippen molar-refractivity contribution in [3.05, 3.63) is 22.5 Å². The predicted molar refractivity (Wildman–Crippen MR) is 96.3 cm³/mol. The van der Waals surface area contributed by atoms with E-state index in [1.807, 2.05) is 0 Å². The van der Waals surface area contributed by atoms with Gasteiger partial charge in [0.2, 0.25) is 5.91 Å². The van der Waals surface area contributed by atoms with Crippen molar-refractivity contribution >= 4 is 33.6 Å². The van der Waals surface area contributed by atoms with Crippen LogP contribution in [-0.2, 0) is 11.2 Å². The lowest BCUT2D eigenvalue weighted by atomic mass is 10.2. The van der Waals surface area contributed by atoms with Crippen molar-refractivity contribution in [3.63, 3.8) is 0 Å². The molecule has 1 aliphatic carbocycles. The maximum Gasteiger partial charge on any atom is 0.243 e. The number of rotatable bonds is 6. The molecule has 2 aromatic rings. The Morgan fingerprint density at radius 2 is 2.35 bits per heavy atom. The Hall–Kier alpha value is -1.40. The van der Waals surface area contributed by atoms with E-state index in [2.05, 4.69) is 34.0 Å². The summed E-state index contributed by atoms with van der Waals surface area (Å²) in [5, 5.41) is 9.60. The Kier molecular flexibility index (Phi) is 4.11. The molecule has 122 valence electrons. The Labute approximate surface area is 144 Å². The van der Waals surface area contributed by atoms with Crippen molar-refractivity contribution in [2.75, 3.05) is 18.0 Å². The van der Waals surface area contributed by atoms with Crippen LogP contribution in [0.1, 0.15) is 31.9 Å². The molecule has 1 aliphatic heterocycles. The average molecular weight is 348 g/mol. The van der Waals surface area contributed by atoms with Crippen LogP contribution in [0, 0.1) is 5.92 Å². The number of anilines is 1. The number of thiophene rings is 1. The first kappa shape index (κ1) is 15.1. The van der Waals surface area contributed by atoms with Crippen LogP contribution < -0.4 is 10.2 Å². The first-order chi connectivity index (χ1) is 11.3. The summed E-state index contributed by atoms with van der Waals surface area (Å²) in [6.45, 7) is 3.85. The maximum absolute atomic E-state index is 12.5. The van der Waals surface area contributed by atoms with Gasteiger partial charge in [-0.2, -0.15) is 11.3 Å². The van der Waals surface area contributed by atoms with Gasteiger partial charge in [0.25, 0.3) is 0 Å². The van der Waals surface area contributed by atoms with Crippen molar-refractivity contribution in [3.8, 4) is 10.6 Å². The highest BCUT2D eigenvalue weighted by Gasteiger charge is 2.40. The van der Waals surface area contributed by atoms with Crippen LogP contribution in [0.2, 0.25) is 0 Å². The lowest BCUT2D eigenvalue weighted by molar-refractivity contribution is -0.122. The molecule has 0 aromatic carbocycles. The Morgan fingerprint density at radius 3 is 3.04 bits per heavy atom. The molecule has 4 rings (SSSR count). The summed E-state index contributed by atoms with van der Waals surface area (Å²) < 4.78 is 0. The molecule has 2 aromatic heterocycles. The average Bonchev–Trinajstić information content (AvgIpc) is 2.96. The number of hydrogen-bond donors (Lipinski definition) is 1. The maximum atomic E-state index is 12.5. The summed E-state index contributed by atoms with van der Waals surface area (Å²) in [4.78, 5) is 19.7. The molecule has 23 heavy (non-hydrogen) atoms. The largest absolute Gasteiger partial charge is 0.354 e. The van der Waals surface area contributed by atoms with Crippen LogP contribution >= 0.6 is 22.7 Å². The van der Waals surface area contributed by atoms with Gasteiger partial charge in [-0.15, -0.1) is 0 Å². The van der Waals surface area contributed by atoms with Gasteiger partial charge in [0, 0.05) is 30.5 Å². The van der Waals surface area contributed by atoms with Crippen LogP contribution in [0.15, 0.2) is 16.8 Å². The lowest BCUT2D eigenvalue weighted by Crippen LogP contribution is -2.46. The zero-order valence-corrected chi connectivity index (χ0v) is 14.9. The van der Waals surface area contributed by atoms with E-state index in [0.29, 0.717) is 0 Å². The van der Waals surface area contributed by atoms with Gasteiger partial charge in [-0.3, -0.25) is 4.79 Å². The molecule has 1 saturated carbocycles. The normalized spacial score (nSPS) is 19.9. The van der Waals surface area contributed by atoms with Gasteiger partial charge < -0.3 is 10.2 Å². The molecule has 3 heterocycles. The number of amides is 1. The number of hydrogen-bond acceptors (Lipinski definition) is 5. The van der Waals surface area contributed by atoms with Crippen molar-refractivity contribution < 1.29 is 4.79 Å². The fraction of sp³-hybridized carbons (Fsp3) is 0.529. The van der Waals surface area contributed by atoms with E-state index in [1.165, 1.54) is 23.4 Å².